The largest absolute Gasteiger partial charge is 0.378 e. The Bertz CT molecular complexity index is 824. The van der Waals surface area contributed by atoms with E-state index >= 15 is 0 Å². The van der Waals surface area contributed by atoms with E-state index in [1.165, 1.54) is 6.33 Å². The predicted molar refractivity (Wildman–Crippen MR) is 97.5 cm³/mol. The van der Waals surface area contributed by atoms with Gasteiger partial charge < -0.3 is 9.47 Å². The van der Waals surface area contributed by atoms with Gasteiger partial charge in [-0.3, -0.25) is 0 Å². The average Bonchev–Trinajstić information content (AvgIpc) is 2.88. The molecule has 0 spiro atoms. The monoisotopic (exact) mass is 349 g/mol. The molecular formula is C16H17Cl2N5. The second kappa shape index (κ2) is 6.98. The Hall–Kier alpha value is -2.11. The Morgan fingerprint density at radius 1 is 1.22 bits per heavy atom. The van der Waals surface area contributed by atoms with E-state index in [1.54, 1.807) is 0 Å². The molecule has 0 aliphatic rings. The maximum Gasteiger partial charge on any atom is 0.165 e. The van der Waals surface area contributed by atoms with Gasteiger partial charge in [0.2, 0.25) is 0 Å². The number of benzene rings is 1. The van der Waals surface area contributed by atoms with Crippen molar-refractivity contribution < 1.29 is 0 Å². The standard InChI is InChI=1S/C16H16ClN5.ClH/c1-4-9-22-15(11-5-7-12(8-6-11)21(2)3)20-13-14(17)18-10-19-16(13)22;/h4-8,10H,1,9H2,2-3H3;1H. The van der Waals surface area contributed by atoms with Crippen LogP contribution in [0.4, 0.5) is 5.69 Å². The highest BCUT2D eigenvalue weighted by atomic mass is 35.5. The molecule has 1 aromatic carbocycles. The van der Waals surface area contributed by atoms with Gasteiger partial charge in [0.25, 0.3) is 0 Å². The van der Waals surface area contributed by atoms with E-state index < -0.39 is 0 Å². The quantitative estimate of drug-likeness (QED) is 0.530. The predicted octanol–water partition coefficient (Wildman–Crippen LogP) is 3.82. The molecule has 23 heavy (non-hydrogen) atoms. The van der Waals surface area contributed by atoms with E-state index in [9.17, 15) is 0 Å². The van der Waals surface area contributed by atoms with E-state index in [1.807, 2.05) is 36.9 Å². The molecule has 0 aliphatic heterocycles. The number of halogens is 2. The Balaban J connectivity index is 0.00000192. The third-order valence-corrected chi connectivity index (χ3v) is 3.72. The van der Waals surface area contributed by atoms with Crippen LogP contribution in [-0.4, -0.2) is 33.6 Å². The molecule has 3 aromatic rings. The summed E-state index contributed by atoms with van der Waals surface area (Å²) in [4.78, 5) is 15.0. The molecule has 0 bridgehead atoms. The minimum absolute atomic E-state index is 0. The van der Waals surface area contributed by atoms with Gasteiger partial charge in [-0.15, -0.1) is 19.0 Å². The summed E-state index contributed by atoms with van der Waals surface area (Å²) in [7, 11) is 4.02. The molecule has 3 rings (SSSR count). The SMILES string of the molecule is C=CCn1c(-c2ccc(N(C)C)cc2)nc2c(Cl)ncnc21.Cl. The fraction of sp³-hybridized carbons (Fsp3) is 0.188. The lowest BCUT2D eigenvalue weighted by Crippen LogP contribution is -2.08. The van der Waals surface area contributed by atoms with Crippen LogP contribution in [0.2, 0.25) is 5.15 Å². The maximum absolute atomic E-state index is 6.14. The third kappa shape index (κ3) is 3.16. The first kappa shape index (κ1) is 17.2. The summed E-state index contributed by atoms with van der Waals surface area (Å²) in [6, 6.07) is 8.19. The normalized spacial score (nSPS) is 10.4. The molecule has 0 N–H and O–H groups in total. The summed E-state index contributed by atoms with van der Waals surface area (Å²) in [6.45, 7) is 4.41. The van der Waals surface area contributed by atoms with E-state index in [-0.39, 0.29) is 12.4 Å². The smallest absolute Gasteiger partial charge is 0.165 e. The first-order chi connectivity index (χ1) is 10.6. The van der Waals surface area contributed by atoms with E-state index in [4.69, 9.17) is 11.6 Å². The number of aromatic nitrogens is 4. The van der Waals surface area contributed by atoms with Crippen LogP contribution in [0.5, 0.6) is 0 Å². The van der Waals surface area contributed by atoms with Gasteiger partial charge in [-0.25, -0.2) is 15.0 Å². The summed E-state index contributed by atoms with van der Waals surface area (Å²) in [5, 5.41) is 0.360. The van der Waals surface area contributed by atoms with Crippen LogP contribution >= 0.6 is 24.0 Å². The fourth-order valence-corrected chi connectivity index (χ4v) is 2.51. The second-order valence-corrected chi connectivity index (χ2v) is 5.47. The van der Waals surface area contributed by atoms with E-state index in [0.29, 0.717) is 22.9 Å². The van der Waals surface area contributed by atoms with Gasteiger partial charge in [0.05, 0.1) is 0 Å². The third-order valence-electron chi connectivity index (χ3n) is 3.44. The van der Waals surface area contributed by atoms with Crippen LogP contribution in [0.25, 0.3) is 22.6 Å². The topological polar surface area (TPSA) is 46.8 Å². The highest BCUT2D eigenvalue weighted by Gasteiger charge is 2.15. The van der Waals surface area contributed by atoms with Crippen molar-refractivity contribution in [3.63, 3.8) is 0 Å². The van der Waals surface area contributed by atoms with Crippen LogP contribution in [-0.2, 0) is 6.54 Å². The van der Waals surface area contributed by atoms with Crippen molar-refractivity contribution in [2.45, 2.75) is 6.54 Å². The first-order valence-corrected chi connectivity index (χ1v) is 7.25. The summed E-state index contributed by atoms with van der Waals surface area (Å²) < 4.78 is 1.99. The average molecular weight is 350 g/mol. The van der Waals surface area contributed by atoms with Gasteiger partial charge in [0.1, 0.15) is 17.7 Å². The second-order valence-electron chi connectivity index (χ2n) is 5.11. The molecule has 0 aliphatic carbocycles. The molecule has 0 amide bonds. The molecule has 2 aromatic heterocycles. The van der Waals surface area contributed by atoms with E-state index in [0.717, 1.165) is 17.1 Å². The molecule has 0 saturated heterocycles. The van der Waals surface area contributed by atoms with Crippen LogP contribution in [0.1, 0.15) is 0 Å². The summed E-state index contributed by atoms with van der Waals surface area (Å²) in [5.41, 5.74) is 3.46. The molecule has 2 heterocycles. The molecule has 5 nitrogen and oxygen atoms in total. The van der Waals surface area contributed by atoms with Gasteiger partial charge in [-0.05, 0) is 24.3 Å². The Kier molecular flexibility index (Phi) is 5.23. The number of hydrogen-bond donors (Lipinski definition) is 0. The van der Waals surface area contributed by atoms with Crippen LogP contribution in [0.15, 0.2) is 43.2 Å². The van der Waals surface area contributed by atoms with Crippen molar-refractivity contribution in [2.75, 3.05) is 19.0 Å². The lowest BCUT2D eigenvalue weighted by molar-refractivity contribution is 0.848. The highest BCUT2D eigenvalue weighted by molar-refractivity contribution is 6.33. The number of allylic oxidation sites excluding steroid dienone is 1. The molecular weight excluding hydrogens is 333 g/mol. The zero-order valence-electron chi connectivity index (χ0n) is 12.9. The number of anilines is 1. The van der Waals surface area contributed by atoms with Crippen molar-refractivity contribution in [1.29, 1.82) is 0 Å². The lowest BCUT2D eigenvalue weighted by Gasteiger charge is -2.13. The van der Waals surface area contributed by atoms with Crippen molar-refractivity contribution in [3.05, 3.63) is 48.4 Å². The number of hydrogen-bond acceptors (Lipinski definition) is 4. The van der Waals surface area contributed by atoms with E-state index in [2.05, 4.69) is 38.6 Å². The zero-order valence-corrected chi connectivity index (χ0v) is 14.5. The van der Waals surface area contributed by atoms with Gasteiger partial charge >= 0.3 is 0 Å². The molecule has 7 heteroatoms. The maximum atomic E-state index is 6.14. The zero-order chi connectivity index (χ0) is 15.7. The van der Waals surface area contributed by atoms with Gasteiger partial charge in [-0.2, -0.15) is 0 Å². The molecule has 0 radical (unpaired) electrons. The number of fused-ring (bicyclic) bond motifs is 1. The summed E-state index contributed by atoms with van der Waals surface area (Å²) >= 11 is 6.14. The van der Waals surface area contributed by atoms with Crippen molar-refractivity contribution in [3.8, 4) is 11.4 Å². The van der Waals surface area contributed by atoms with Crippen molar-refractivity contribution >= 4 is 40.9 Å². The molecule has 120 valence electrons. The molecule has 0 atom stereocenters. The highest BCUT2D eigenvalue weighted by Crippen LogP contribution is 2.27. The Morgan fingerprint density at radius 2 is 1.91 bits per heavy atom. The van der Waals surface area contributed by atoms with Crippen molar-refractivity contribution in [2.24, 2.45) is 0 Å². The number of nitrogens with zero attached hydrogens (tertiary/aromatic N) is 5. The molecule has 0 unspecified atom stereocenters. The summed E-state index contributed by atoms with van der Waals surface area (Å²) in [6.07, 6.45) is 3.26. The van der Waals surface area contributed by atoms with Gasteiger partial charge in [0, 0.05) is 31.9 Å². The Labute approximate surface area is 146 Å². The molecule has 0 fully saturated rings. The lowest BCUT2D eigenvalue weighted by atomic mass is 10.2. The fourth-order valence-electron chi connectivity index (χ4n) is 2.34. The van der Waals surface area contributed by atoms with Crippen LogP contribution < -0.4 is 4.90 Å². The van der Waals surface area contributed by atoms with Gasteiger partial charge in [-0.1, -0.05) is 17.7 Å². The van der Waals surface area contributed by atoms with Crippen molar-refractivity contribution in [1.82, 2.24) is 19.5 Å². The minimum Gasteiger partial charge on any atom is -0.378 e. The van der Waals surface area contributed by atoms with Gasteiger partial charge in [0.15, 0.2) is 10.8 Å². The minimum atomic E-state index is 0. The van der Waals surface area contributed by atoms with Crippen LogP contribution in [0.3, 0.4) is 0 Å². The molecule has 0 saturated carbocycles. The first-order valence-electron chi connectivity index (χ1n) is 6.87. The Morgan fingerprint density at radius 3 is 2.52 bits per heavy atom. The number of imidazole rings is 1. The summed E-state index contributed by atoms with van der Waals surface area (Å²) in [5.74, 6) is 0.808. The number of rotatable bonds is 4. The van der Waals surface area contributed by atoms with Crippen LogP contribution in [0, 0.1) is 0 Å².